The standard InChI is InChI=1S/C14H20IN3O/c1-10(2)5-16-6-12-4-14(19-11(12)3)9-18-8-13(15)7-17-18/h4,7-8,10,16H,5-6,9H2,1-3H3. The Labute approximate surface area is 127 Å². The average Bonchev–Trinajstić information content (AvgIpc) is 2.86. The van der Waals surface area contributed by atoms with Gasteiger partial charge in [0.2, 0.25) is 0 Å². The van der Waals surface area contributed by atoms with Gasteiger partial charge in [0.15, 0.2) is 0 Å². The third kappa shape index (κ3) is 4.35. The van der Waals surface area contributed by atoms with Crippen LogP contribution in [0.2, 0.25) is 0 Å². The van der Waals surface area contributed by atoms with Gasteiger partial charge in [0, 0.05) is 18.3 Å². The number of aromatic nitrogens is 2. The summed E-state index contributed by atoms with van der Waals surface area (Å²) in [6.07, 6.45) is 3.86. The van der Waals surface area contributed by atoms with Gasteiger partial charge < -0.3 is 9.73 Å². The highest BCUT2D eigenvalue weighted by molar-refractivity contribution is 14.1. The SMILES string of the molecule is Cc1oc(Cn2cc(I)cn2)cc1CNCC(C)C. The van der Waals surface area contributed by atoms with Crippen molar-refractivity contribution in [3.05, 3.63) is 39.1 Å². The zero-order valence-corrected chi connectivity index (χ0v) is 13.8. The molecule has 0 radical (unpaired) electrons. The van der Waals surface area contributed by atoms with E-state index in [0.29, 0.717) is 12.5 Å². The first-order chi connectivity index (χ1) is 9.04. The average molecular weight is 373 g/mol. The van der Waals surface area contributed by atoms with Crippen LogP contribution in [-0.2, 0) is 13.1 Å². The van der Waals surface area contributed by atoms with Crippen molar-refractivity contribution in [1.82, 2.24) is 15.1 Å². The first-order valence-corrected chi connectivity index (χ1v) is 7.59. The second-order valence-electron chi connectivity index (χ2n) is 5.18. The van der Waals surface area contributed by atoms with Crippen molar-refractivity contribution >= 4 is 22.6 Å². The molecule has 0 unspecified atom stereocenters. The summed E-state index contributed by atoms with van der Waals surface area (Å²) >= 11 is 2.26. The predicted molar refractivity (Wildman–Crippen MR) is 84.0 cm³/mol. The Balaban J connectivity index is 1.96. The van der Waals surface area contributed by atoms with Crippen LogP contribution in [0.1, 0.15) is 30.9 Å². The molecule has 2 rings (SSSR count). The van der Waals surface area contributed by atoms with Crippen LogP contribution >= 0.6 is 22.6 Å². The van der Waals surface area contributed by atoms with Gasteiger partial charge in [0.05, 0.1) is 16.3 Å². The smallest absolute Gasteiger partial charge is 0.125 e. The number of rotatable bonds is 6. The van der Waals surface area contributed by atoms with E-state index in [1.165, 1.54) is 5.56 Å². The van der Waals surface area contributed by atoms with E-state index >= 15 is 0 Å². The summed E-state index contributed by atoms with van der Waals surface area (Å²) in [6.45, 7) is 9.01. The molecule has 104 valence electrons. The Morgan fingerprint density at radius 2 is 2.26 bits per heavy atom. The summed E-state index contributed by atoms with van der Waals surface area (Å²) in [5.41, 5.74) is 1.23. The molecule has 0 saturated carbocycles. The number of halogens is 1. The Bertz CT molecular complexity index is 531. The van der Waals surface area contributed by atoms with Gasteiger partial charge in [-0.1, -0.05) is 13.8 Å². The van der Waals surface area contributed by atoms with Crippen molar-refractivity contribution in [3.63, 3.8) is 0 Å². The summed E-state index contributed by atoms with van der Waals surface area (Å²) in [6, 6.07) is 2.12. The van der Waals surface area contributed by atoms with Crippen molar-refractivity contribution < 1.29 is 4.42 Å². The molecule has 0 bridgehead atoms. The molecule has 0 saturated heterocycles. The Morgan fingerprint density at radius 1 is 1.47 bits per heavy atom. The molecule has 0 aliphatic heterocycles. The summed E-state index contributed by atoms with van der Waals surface area (Å²) in [7, 11) is 0. The van der Waals surface area contributed by atoms with Gasteiger partial charge >= 0.3 is 0 Å². The molecule has 0 aliphatic carbocycles. The van der Waals surface area contributed by atoms with Gasteiger partial charge in [-0.25, -0.2) is 0 Å². The van der Waals surface area contributed by atoms with Crippen molar-refractivity contribution in [2.75, 3.05) is 6.54 Å². The monoisotopic (exact) mass is 373 g/mol. The van der Waals surface area contributed by atoms with E-state index in [4.69, 9.17) is 4.42 Å². The third-order valence-electron chi connectivity index (χ3n) is 2.86. The summed E-state index contributed by atoms with van der Waals surface area (Å²) in [5.74, 6) is 2.62. The van der Waals surface area contributed by atoms with E-state index in [-0.39, 0.29) is 0 Å². The minimum atomic E-state index is 0.665. The lowest BCUT2D eigenvalue weighted by Crippen LogP contribution is -2.18. The molecule has 2 heterocycles. The lowest BCUT2D eigenvalue weighted by Gasteiger charge is -2.05. The third-order valence-corrected chi connectivity index (χ3v) is 3.42. The summed E-state index contributed by atoms with van der Waals surface area (Å²) < 4.78 is 8.81. The fraction of sp³-hybridized carbons (Fsp3) is 0.500. The van der Waals surface area contributed by atoms with Crippen molar-refractivity contribution in [1.29, 1.82) is 0 Å². The number of furan rings is 1. The maximum absolute atomic E-state index is 5.78. The van der Waals surface area contributed by atoms with E-state index in [9.17, 15) is 0 Å². The van der Waals surface area contributed by atoms with Crippen molar-refractivity contribution in [2.45, 2.75) is 33.9 Å². The Kier molecular flexibility index (Phi) is 5.04. The van der Waals surface area contributed by atoms with E-state index in [0.717, 1.165) is 28.2 Å². The van der Waals surface area contributed by atoms with Crippen LogP contribution in [0, 0.1) is 16.4 Å². The first-order valence-electron chi connectivity index (χ1n) is 6.51. The van der Waals surface area contributed by atoms with Crippen LogP contribution in [-0.4, -0.2) is 16.3 Å². The molecular weight excluding hydrogens is 353 g/mol. The maximum Gasteiger partial charge on any atom is 0.125 e. The largest absolute Gasteiger partial charge is 0.464 e. The van der Waals surface area contributed by atoms with E-state index in [1.54, 1.807) is 0 Å². The highest BCUT2D eigenvalue weighted by Gasteiger charge is 2.08. The van der Waals surface area contributed by atoms with Gasteiger partial charge in [-0.3, -0.25) is 4.68 Å². The molecule has 2 aromatic rings. The zero-order valence-electron chi connectivity index (χ0n) is 11.6. The molecule has 4 nitrogen and oxygen atoms in total. The highest BCUT2D eigenvalue weighted by atomic mass is 127. The molecule has 1 N–H and O–H groups in total. The van der Waals surface area contributed by atoms with Crippen molar-refractivity contribution in [2.24, 2.45) is 5.92 Å². The minimum Gasteiger partial charge on any atom is -0.464 e. The molecule has 0 fully saturated rings. The Hall–Kier alpha value is -0.820. The van der Waals surface area contributed by atoms with Crippen LogP contribution in [0.3, 0.4) is 0 Å². The molecule has 0 spiro atoms. The van der Waals surface area contributed by atoms with Crippen LogP contribution in [0.4, 0.5) is 0 Å². The van der Waals surface area contributed by atoms with E-state index < -0.39 is 0 Å². The lowest BCUT2D eigenvalue weighted by molar-refractivity contribution is 0.455. The second-order valence-corrected chi connectivity index (χ2v) is 6.42. The van der Waals surface area contributed by atoms with E-state index in [2.05, 4.69) is 52.9 Å². The molecule has 19 heavy (non-hydrogen) atoms. The molecule has 0 amide bonds. The molecule has 0 aromatic carbocycles. The van der Waals surface area contributed by atoms with Gasteiger partial charge in [-0.05, 0) is 48.0 Å². The fourth-order valence-electron chi connectivity index (χ4n) is 1.92. The summed E-state index contributed by atoms with van der Waals surface area (Å²) in [4.78, 5) is 0. The van der Waals surface area contributed by atoms with Crippen molar-refractivity contribution in [3.8, 4) is 0 Å². The quantitative estimate of drug-likeness (QED) is 0.791. The topological polar surface area (TPSA) is 43.0 Å². The van der Waals surface area contributed by atoms with Crippen LogP contribution < -0.4 is 5.32 Å². The maximum atomic E-state index is 5.78. The summed E-state index contributed by atoms with van der Waals surface area (Å²) in [5, 5.41) is 7.71. The van der Waals surface area contributed by atoms with Gasteiger partial charge in [0.1, 0.15) is 11.5 Å². The molecular formula is C14H20IN3O. The molecule has 0 aliphatic rings. The van der Waals surface area contributed by atoms with Crippen LogP contribution in [0.5, 0.6) is 0 Å². The highest BCUT2D eigenvalue weighted by Crippen LogP contribution is 2.16. The number of aryl methyl sites for hydroxylation is 1. The first kappa shape index (κ1) is 14.6. The molecule has 0 atom stereocenters. The number of nitrogens with zero attached hydrogens (tertiary/aromatic N) is 2. The number of hydrogen-bond donors (Lipinski definition) is 1. The fourth-order valence-corrected chi connectivity index (χ4v) is 2.37. The molecule has 2 aromatic heterocycles. The van der Waals surface area contributed by atoms with Gasteiger partial charge in [-0.15, -0.1) is 0 Å². The molecule has 5 heteroatoms. The lowest BCUT2D eigenvalue weighted by atomic mass is 10.2. The van der Waals surface area contributed by atoms with Gasteiger partial charge in [0.25, 0.3) is 0 Å². The Morgan fingerprint density at radius 3 is 2.89 bits per heavy atom. The number of nitrogens with one attached hydrogen (secondary N) is 1. The van der Waals surface area contributed by atoms with E-state index in [1.807, 2.05) is 24.0 Å². The van der Waals surface area contributed by atoms with Gasteiger partial charge in [-0.2, -0.15) is 5.10 Å². The normalized spacial score (nSPS) is 11.4. The second kappa shape index (κ2) is 6.56. The number of hydrogen-bond acceptors (Lipinski definition) is 3. The van der Waals surface area contributed by atoms with Crippen LogP contribution in [0.15, 0.2) is 22.9 Å². The van der Waals surface area contributed by atoms with Crippen LogP contribution in [0.25, 0.3) is 0 Å². The zero-order chi connectivity index (χ0) is 13.8. The predicted octanol–water partition coefficient (Wildman–Crippen LogP) is 3.18. The minimum absolute atomic E-state index is 0.665.